The number of hydrogen-bond donors (Lipinski definition) is 1. The smallest absolute Gasteiger partial charge is 0.0317 e. The Morgan fingerprint density at radius 1 is 1.19 bits per heavy atom. The lowest BCUT2D eigenvalue weighted by Gasteiger charge is -2.37. The molecule has 2 heterocycles. The highest BCUT2D eigenvalue weighted by molar-refractivity contribution is 9.10. The lowest BCUT2D eigenvalue weighted by atomic mass is 9.90. The Morgan fingerprint density at radius 3 is 2.38 bits per heavy atom. The van der Waals surface area contributed by atoms with Crippen LogP contribution >= 0.6 is 15.9 Å². The van der Waals surface area contributed by atoms with E-state index >= 15 is 0 Å². The number of nitrogens with one attached hydrogen (secondary N) is 1. The Bertz CT molecular complexity index is 445. The molecule has 116 valence electrons. The molecule has 1 N–H and O–H groups in total. The second-order valence-electron chi connectivity index (χ2n) is 6.81. The highest BCUT2D eigenvalue weighted by Crippen LogP contribution is 2.37. The van der Waals surface area contributed by atoms with E-state index < -0.39 is 0 Å². The van der Waals surface area contributed by atoms with Crippen LogP contribution in [0, 0.1) is 5.92 Å². The molecule has 2 bridgehead atoms. The first-order valence-corrected chi connectivity index (χ1v) is 9.17. The summed E-state index contributed by atoms with van der Waals surface area (Å²) in [4.78, 5) is 2.63. The van der Waals surface area contributed by atoms with Crippen LogP contribution in [0.4, 0.5) is 0 Å². The van der Waals surface area contributed by atoms with E-state index in [9.17, 15) is 0 Å². The van der Waals surface area contributed by atoms with Crippen molar-refractivity contribution in [2.24, 2.45) is 5.92 Å². The van der Waals surface area contributed by atoms with Crippen molar-refractivity contribution in [3.8, 4) is 0 Å². The molecule has 0 aliphatic carbocycles. The van der Waals surface area contributed by atoms with Crippen molar-refractivity contribution < 1.29 is 0 Å². The summed E-state index contributed by atoms with van der Waals surface area (Å²) in [6, 6.07) is 11.0. The van der Waals surface area contributed by atoms with Gasteiger partial charge >= 0.3 is 0 Å². The normalized spacial score (nSPS) is 30.5. The monoisotopic (exact) mass is 350 g/mol. The molecule has 3 rings (SSSR count). The van der Waals surface area contributed by atoms with Gasteiger partial charge in [0.2, 0.25) is 0 Å². The number of nitrogens with zero attached hydrogens (tertiary/aromatic N) is 1. The molecule has 0 spiro atoms. The Balaban J connectivity index is 1.55. The van der Waals surface area contributed by atoms with Crippen LogP contribution in [0.15, 0.2) is 28.7 Å². The molecule has 3 atom stereocenters. The van der Waals surface area contributed by atoms with E-state index in [1.54, 1.807) is 0 Å². The van der Waals surface area contributed by atoms with E-state index in [1.807, 2.05) is 0 Å². The first-order valence-electron chi connectivity index (χ1n) is 8.38. The number of fused-ring (bicyclic) bond motifs is 2. The fraction of sp³-hybridized carbons (Fsp3) is 0.667. The SMILES string of the molecule is CCC(NCC1CC2CCC(C1)N2C)c1ccc(Br)cc1. The largest absolute Gasteiger partial charge is 0.310 e. The Morgan fingerprint density at radius 2 is 1.81 bits per heavy atom. The molecule has 3 unspecified atom stereocenters. The van der Waals surface area contributed by atoms with Crippen LogP contribution in [0.3, 0.4) is 0 Å². The lowest BCUT2D eigenvalue weighted by molar-refractivity contribution is 0.131. The van der Waals surface area contributed by atoms with E-state index in [2.05, 4.69) is 64.4 Å². The third-order valence-corrected chi connectivity index (χ3v) is 6.06. The van der Waals surface area contributed by atoms with E-state index in [4.69, 9.17) is 0 Å². The van der Waals surface area contributed by atoms with Crippen molar-refractivity contribution in [3.05, 3.63) is 34.3 Å². The molecule has 0 saturated carbocycles. The topological polar surface area (TPSA) is 15.3 Å². The van der Waals surface area contributed by atoms with Crippen molar-refractivity contribution in [1.29, 1.82) is 0 Å². The zero-order chi connectivity index (χ0) is 14.8. The molecular formula is C18H27BrN2. The highest BCUT2D eigenvalue weighted by Gasteiger charge is 2.38. The molecule has 0 amide bonds. The van der Waals surface area contributed by atoms with Crippen molar-refractivity contribution in [3.63, 3.8) is 0 Å². The fourth-order valence-electron chi connectivity index (χ4n) is 4.19. The van der Waals surface area contributed by atoms with Gasteiger partial charge in [-0.1, -0.05) is 35.0 Å². The van der Waals surface area contributed by atoms with Gasteiger partial charge in [-0.25, -0.2) is 0 Å². The molecule has 21 heavy (non-hydrogen) atoms. The van der Waals surface area contributed by atoms with Gasteiger partial charge in [0.05, 0.1) is 0 Å². The van der Waals surface area contributed by atoms with E-state index in [1.165, 1.54) is 37.8 Å². The van der Waals surface area contributed by atoms with Gasteiger partial charge in [-0.15, -0.1) is 0 Å². The number of benzene rings is 1. The second kappa shape index (κ2) is 6.80. The van der Waals surface area contributed by atoms with Gasteiger partial charge in [0.25, 0.3) is 0 Å². The fourth-order valence-corrected chi connectivity index (χ4v) is 4.46. The second-order valence-corrected chi connectivity index (χ2v) is 7.72. The van der Waals surface area contributed by atoms with Gasteiger partial charge in [-0.3, -0.25) is 0 Å². The molecule has 1 aromatic rings. The predicted molar refractivity (Wildman–Crippen MR) is 92.5 cm³/mol. The summed E-state index contributed by atoms with van der Waals surface area (Å²) in [6.07, 6.45) is 6.76. The molecule has 2 aliphatic rings. The summed E-state index contributed by atoms with van der Waals surface area (Å²) in [7, 11) is 2.32. The summed E-state index contributed by atoms with van der Waals surface area (Å²) < 4.78 is 1.16. The van der Waals surface area contributed by atoms with Gasteiger partial charge < -0.3 is 10.2 Å². The first-order chi connectivity index (χ1) is 10.2. The van der Waals surface area contributed by atoms with Crippen LogP contribution in [-0.2, 0) is 0 Å². The summed E-state index contributed by atoms with van der Waals surface area (Å²) >= 11 is 3.52. The van der Waals surface area contributed by atoms with Crippen molar-refractivity contribution in [2.45, 2.75) is 57.2 Å². The maximum atomic E-state index is 3.82. The van der Waals surface area contributed by atoms with Crippen LogP contribution in [0.1, 0.15) is 50.6 Å². The molecule has 2 nitrogen and oxygen atoms in total. The molecule has 0 aromatic heterocycles. The van der Waals surface area contributed by atoms with E-state index in [-0.39, 0.29) is 0 Å². The third-order valence-electron chi connectivity index (χ3n) is 5.53. The van der Waals surface area contributed by atoms with Crippen LogP contribution < -0.4 is 5.32 Å². The summed E-state index contributed by atoms with van der Waals surface area (Å²) in [5.41, 5.74) is 1.41. The zero-order valence-corrected chi connectivity index (χ0v) is 14.8. The van der Waals surface area contributed by atoms with E-state index in [0.29, 0.717) is 6.04 Å². The lowest BCUT2D eigenvalue weighted by Crippen LogP contribution is -2.42. The summed E-state index contributed by atoms with van der Waals surface area (Å²) in [5, 5.41) is 3.82. The minimum Gasteiger partial charge on any atom is -0.310 e. The highest BCUT2D eigenvalue weighted by atomic mass is 79.9. The number of rotatable bonds is 5. The molecular weight excluding hydrogens is 324 g/mol. The molecule has 2 fully saturated rings. The van der Waals surface area contributed by atoms with Crippen LogP contribution in [-0.4, -0.2) is 30.6 Å². The third kappa shape index (κ3) is 3.52. The summed E-state index contributed by atoms with van der Waals surface area (Å²) in [6.45, 7) is 3.45. The van der Waals surface area contributed by atoms with Crippen LogP contribution in [0.25, 0.3) is 0 Å². The Hall–Kier alpha value is -0.380. The minimum atomic E-state index is 0.496. The molecule has 2 saturated heterocycles. The van der Waals surface area contributed by atoms with Crippen molar-refractivity contribution in [1.82, 2.24) is 10.2 Å². The Kier molecular flexibility index (Phi) is 5.03. The first kappa shape index (κ1) is 15.5. The van der Waals surface area contributed by atoms with Gasteiger partial charge in [0, 0.05) is 22.6 Å². The van der Waals surface area contributed by atoms with Gasteiger partial charge in [-0.05, 0) is 69.3 Å². The maximum Gasteiger partial charge on any atom is 0.0317 e. The number of halogens is 1. The quantitative estimate of drug-likeness (QED) is 0.848. The predicted octanol–water partition coefficient (Wildman–Crippen LogP) is 4.36. The van der Waals surface area contributed by atoms with Gasteiger partial charge in [0.15, 0.2) is 0 Å². The van der Waals surface area contributed by atoms with Gasteiger partial charge in [-0.2, -0.15) is 0 Å². The van der Waals surface area contributed by atoms with Gasteiger partial charge in [0.1, 0.15) is 0 Å². The molecule has 1 aromatic carbocycles. The average Bonchev–Trinajstić information content (AvgIpc) is 2.72. The van der Waals surface area contributed by atoms with Crippen LogP contribution in [0.5, 0.6) is 0 Å². The Labute approximate surface area is 137 Å². The average molecular weight is 351 g/mol. The summed E-state index contributed by atoms with van der Waals surface area (Å²) in [5.74, 6) is 0.864. The molecule has 3 heteroatoms. The van der Waals surface area contributed by atoms with Crippen LogP contribution in [0.2, 0.25) is 0 Å². The minimum absolute atomic E-state index is 0.496. The maximum absolute atomic E-state index is 3.82. The van der Waals surface area contributed by atoms with Crippen molar-refractivity contribution >= 4 is 15.9 Å². The number of hydrogen-bond acceptors (Lipinski definition) is 2. The molecule has 0 radical (unpaired) electrons. The zero-order valence-electron chi connectivity index (χ0n) is 13.2. The number of piperidine rings is 1. The standard InChI is InChI=1S/C18H27BrN2/c1-3-18(14-4-6-15(19)7-5-14)20-12-13-10-16-8-9-17(11-13)21(16)2/h4-7,13,16-18,20H,3,8-12H2,1-2H3. The van der Waals surface area contributed by atoms with Crippen molar-refractivity contribution in [2.75, 3.05) is 13.6 Å². The molecule has 2 aliphatic heterocycles. The van der Waals surface area contributed by atoms with E-state index in [0.717, 1.165) is 28.9 Å².